The molecule has 3 aromatic rings. The Morgan fingerprint density at radius 2 is 1.32 bits per heavy atom. The first-order valence-electron chi connectivity index (χ1n) is 10.5. The van der Waals surface area contributed by atoms with E-state index in [4.69, 9.17) is 62.7 Å². The van der Waals surface area contributed by atoms with E-state index in [1.165, 1.54) is 5.56 Å². The highest BCUT2D eigenvalue weighted by Gasteiger charge is 2.31. The molecule has 0 bridgehead atoms. The number of carbonyl (C=O) groups excluding carboxylic acids is 2. The van der Waals surface area contributed by atoms with Gasteiger partial charge in [-0.1, -0.05) is 114 Å². The fraction of sp³-hybridized carbons (Fsp3) is 0.231. The molecule has 0 N–H and O–H groups in total. The van der Waals surface area contributed by atoms with Crippen molar-refractivity contribution in [2.45, 2.75) is 34.8 Å². The average Bonchev–Trinajstić information content (AvgIpc) is 2.83. The molecule has 0 radical (unpaired) electrons. The maximum Gasteiger partial charge on any atom is 0.253 e. The summed E-state index contributed by atoms with van der Waals surface area (Å²) in [5.74, 6) is 0.590. The summed E-state index contributed by atoms with van der Waals surface area (Å²) in [5, 5.41) is 0. The van der Waals surface area contributed by atoms with Gasteiger partial charge in [0.05, 0.1) is 0 Å². The maximum atomic E-state index is 11.6. The van der Waals surface area contributed by atoms with Crippen LogP contribution in [-0.4, -0.2) is 20.2 Å². The molecule has 0 aromatic heterocycles. The van der Waals surface area contributed by atoms with Gasteiger partial charge in [-0.05, 0) is 54.8 Å². The molecule has 0 aliphatic carbocycles. The van der Waals surface area contributed by atoms with Gasteiger partial charge in [0, 0.05) is 11.1 Å². The zero-order valence-electron chi connectivity index (χ0n) is 18.3. The highest BCUT2D eigenvalue weighted by Crippen LogP contribution is 2.30. The normalized spacial score (nSPS) is 10.9. The Labute approximate surface area is 224 Å². The van der Waals surface area contributed by atoms with Crippen LogP contribution in [-0.2, 0) is 6.42 Å². The number of alkyl halides is 5. The zero-order chi connectivity index (χ0) is 25.1. The molecule has 0 fully saturated rings. The van der Waals surface area contributed by atoms with E-state index in [0.717, 1.165) is 25.0 Å². The molecular formula is C26H23Cl5O3. The number of hydrogen-bond donors (Lipinski definition) is 0. The number of aryl methyl sites for hydroxylation is 1. The van der Waals surface area contributed by atoms with Crippen molar-refractivity contribution in [3.63, 3.8) is 0 Å². The molecule has 180 valence electrons. The van der Waals surface area contributed by atoms with Crippen LogP contribution in [0.4, 0.5) is 0 Å². The van der Waals surface area contributed by atoms with Crippen molar-refractivity contribution in [2.24, 2.45) is 0 Å². The average molecular weight is 561 g/mol. The number of ether oxygens (including phenoxy) is 1. The van der Waals surface area contributed by atoms with Crippen LogP contribution in [0.1, 0.15) is 46.0 Å². The van der Waals surface area contributed by atoms with Crippen molar-refractivity contribution >= 4 is 69.6 Å². The van der Waals surface area contributed by atoms with Crippen molar-refractivity contribution < 1.29 is 14.3 Å². The molecule has 3 rings (SSSR count). The van der Waals surface area contributed by atoms with Crippen LogP contribution in [0.3, 0.4) is 0 Å². The predicted molar refractivity (Wildman–Crippen MR) is 142 cm³/mol. The first kappa shape index (κ1) is 28.5. The van der Waals surface area contributed by atoms with Gasteiger partial charge in [0.15, 0.2) is 10.6 Å². The summed E-state index contributed by atoms with van der Waals surface area (Å²) in [7, 11) is 0. The Bertz CT molecular complexity index is 1040. The van der Waals surface area contributed by atoms with Crippen molar-refractivity contribution in [1.29, 1.82) is 0 Å². The molecule has 0 saturated heterocycles. The summed E-state index contributed by atoms with van der Waals surface area (Å²) in [6.45, 7) is 2.14. The lowest BCUT2D eigenvalue weighted by Gasteiger charge is -2.09. The number of hydrogen-bond acceptors (Lipinski definition) is 3. The molecule has 0 saturated carbocycles. The standard InChI is InChI=1S/C14H10Cl2O2.C12H13Cl3O/c15-14(16)13(17)10-6-8-12(9-7-10)18-11-4-2-1-3-5-11;1-2-3-4-9-5-7-10(8-6-9)11(16)12(13,14)15/h1-9,14H;5-8H,2-4H2,1H3. The van der Waals surface area contributed by atoms with Gasteiger partial charge in [0.2, 0.25) is 5.78 Å². The topological polar surface area (TPSA) is 43.4 Å². The van der Waals surface area contributed by atoms with E-state index < -0.39 is 14.4 Å². The molecule has 0 aliphatic heterocycles. The van der Waals surface area contributed by atoms with Gasteiger partial charge in [-0.25, -0.2) is 0 Å². The van der Waals surface area contributed by atoms with E-state index in [-0.39, 0.29) is 5.78 Å². The number of Topliss-reactive ketones (excluding diaryl/α,β-unsaturated/α-hetero) is 2. The quantitative estimate of drug-likeness (QED) is 0.204. The molecule has 0 amide bonds. The zero-order valence-corrected chi connectivity index (χ0v) is 22.1. The lowest BCUT2D eigenvalue weighted by atomic mass is 10.0. The van der Waals surface area contributed by atoms with Crippen LogP contribution in [0.5, 0.6) is 11.5 Å². The number of rotatable bonds is 8. The van der Waals surface area contributed by atoms with Crippen LogP contribution in [0.2, 0.25) is 0 Å². The Balaban J connectivity index is 0.000000242. The van der Waals surface area contributed by atoms with Crippen LogP contribution in [0, 0.1) is 0 Å². The molecular weight excluding hydrogens is 538 g/mol. The minimum absolute atomic E-state index is 0.315. The Kier molecular flexibility index (Phi) is 11.7. The summed E-state index contributed by atoms with van der Waals surface area (Å²) >= 11 is 27.6. The molecule has 0 heterocycles. The van der Waals surface area contributed by atoms with Crippen molar-refractivity contribution in [3.8, 4) is 11.5 Å². The second-order valence-corrected chi connectivity index (χ2v) is 10.6. The summed E-state index contributed by atoms with van der Waals surface area (Å²) in [4.78, 5) is 22.1. The summed E-state index contributed by atoms with van der Waals surface area (Å²) in [6, 6.07) is 23.3. The number of benzene rings is 3. The van der Waals surface area contributed by atoms with Gasteiger partial charge in [0.1, 0.15) is 11.5 Å². The first-order chi connectivity index (χ1) is 16.1. The Morgan fingerprint density at radius 3 is 1.82 bits per heavy atom. The molecule has 8 heteroatoms. The fourth-order valence-corrected chi connectivity index (χ4v) is 3.38. The molecule has 0 unspecified atom stereocenters. The van der Waals surface area contributed by atoms with Crippen LogP contribution in [0.15, 0.2) is 78.9 Å². The van der Waals surface area contributed by atoms with E-state index >= 15 is 0 Å². The maximum absolute atomic E-state index is 11.6. The molecule has 0 atom stereocenters. The van der Waals surface area contributed by atoms with Crippen molar-refractivity contribution in [3.05, 3.63) is 95.6 Å². The lowest BCUT2D eigenvalue weighted by Crippen LogP contribution is -2.18. The SMILES string of the molecule is CCCCc1ccc(C(=O)C(Cl)(Cl)Cl)cc1.O=C(c1ccc(Oc2ccccc2)cc1)C(Cl)Cl. The largest absolute Gasteiger partial charge is 0.457 e. The van der Waals surface area contributed by atoms with E-state index in [9.17, 15) is 9.59 Å². The molecule has 0 aliphatic rings. The lowest BCUT2D eigenvalue weighted by molar-refractivity contribution is 0.0992. The third kappa shape index (κ3) is 9.48. The fourth-order valence-electron chi connectivity index (χ4n) is 2.81. The number of unbranched alkanes of at least 4 members (excludes halogenated alkanes) is 1. The highest BCUT2D eigenvalue weighted by molar-refractivity contribution is 6.77. The minimum Gasteiger partial charge on any atom is -0.457 e. The molecule has 3 aromatic carbocycles. The number of halogens is 5. The van der Waals surface area contributed by atoms with Crippen molar-refractivity contribution in [1.82, 2.24) is 0 Å². The Hall–Kier alpha value is -1.75. The van der Waals surface area contributed by atoms with Crippen LogP contribution >= 0.6 is 58.0 Å². The second kappa shape index (κ2) is 14.0. The monoisotopic (exact) mass is 558 g/mol. The van der Waals surface area contributed by atoms with Gasteiger partial charge in [-0.3, -0.25) is 9.59 Å². The summed E-state index contributed by atoms with van der Waals surface area (Å²) in [6.07, 6.45) is 3.30. The minimum atomic E-state index is -1.87. The third-order valence-electron chi connectivity index (χ3n) is 4.61. The number of para-hydroxylation sites is 1. The summed E-state index contributed by atoms with van der Waals surface area (Å²) < 4.78 is 3.73. The van der Waals surface area contributed by atoms with Gasteiger partial charge in [-0.15, -0.1) is 0 Å². The van der Waals surface area contributed by atoms with Gasteiger partial charge < -0.3 is 4.74 Å². The molecule has 0 spiro atoms. The Morgan fingerprint density at radius 1 is 0.794 bits per heavy atom. The number of carbonyl (C=O) groups is 2. The van der Waals surface area contributed by atoms with E-state index in [2.05, 4.69) is 6.92 Å². The van der Waals surface area contributed by atoms with Gasteiger partial charge in [-0.2, -0.15) is 0 Å². The van der Waals surface area contributed by atoms with E-state index in [1.807, 2.05) is 42.5 Å². The summed E-state index contributed by atoms with van der Waals surface area (Å²) in [5.41, 5.74) is 2.09. The van der Waals surface area contributed by atoms with E-state index in [0.29, 0.717) is 16.9 Å². The van der Waals surface area contributed by atoms with Crippen molar-refractivity contribution in [2.75, 3.05) is 0 Å². The molecule has 3 nitrogen and oxygen atoms in total. The van der Waals surface area contributed by atoms with Crippen LogP contribution in [0.25, 0.3) is 0 Å². The van der Waals surface area contributed by atoms with Crippen LogP contribution < -0.4 is 4.74 Å². The van der Waals surface area contributed by atoms with Gasteiger partial charge in [0.25, 0.3) is 3.79 Å². The second-order valence-electron chi connectivity index (χ2n) is 7.23. The van der Waals surface area contributed by atoms with E-state index in [1.54, 1.807) is 36.4 Å². The molecule has 34 heavy (non-hydrogen) atoms. The third-order valence-corrected chi connectivity index (χ3v) is 5.52. The predicted octanol–water partition coefficient (Wildman–Crippen LogP) is 9.05. The highest BCUT2D eigenvalue weighted by atomic mass is 35.6. The number of ketones is 2. The van der Waals surface area contributed by atoms with Gasteiger partial charge >= 0.3 is 0 Å². The smallest absolute Gasteiger partial charge is 0.253 e. The first-order valence-corrected chi connectivity index (χ1v) is 12.5.